The van der Waals surface area contributed by atoms with Gasteiger partial charge in [0.25, 0.3) is 5.92 Å². The molecule has 1 aliphatic heterocycles. The molecule has 0 saturated carbocycles. The van der Waals surface area contributed by atoms with Crippen molar-refractivity contribution in [2.45, 2.75) is 38.7 Å². The topological polar surface area (TPSA) is 88.3 Å². The van der Waals surface area contributed by atoms with Gasteiger partial charge < -0.3 is 16.0 Å². The third kappa shape index (κ3) is 4.62. The zero-order valence-electron chi connectivity index (χ0n) is 17.0. The first-order valence-corrected chi connectivity index (χ1v) is 9.72. The Hall–Kier alpha value is -3.17. The van der Waals surface area contributed by atoms with Crippen LogP contribution in [0.2, 0.25) is 0 Å². The number of piperidine rings is 1. The highest BCUT2D eigenvalue weighted by atomic mass is 19.3. The average molecular weight is 438 g/mol. The largest absolute Gasteiger partial charge is 0.383 e. The second kappa shape index (κ2) is 8.52. The molecule has 1 saturated heterocycles. The number of rotatable bonds is 3. The molecule has 1 fully saturated rings. The molecule has 3 N–H and O–H groups in total. The lowest BCUT2D eigenvalue weighted by molar-refractivity contribution is -0.159. The van der Waals surface area contributed by atoms with Crippen molar-refractivity contribution >= 4 is 23.3 Å². The zero-order chi connectivity index (χ0) is 22.9. The predicted molar refractivity (Wildman–Crippen MR) is 106 cm³/mol. The summed E-state index contributed by atoms with van der Waals surface area (Å²) >= 11 is 0. The summed E-state index contributed by atoms with van der Waals surface area (Å²) in [5.74, 6) is -8.58. The Kier molecular flexibility index (Phi) is 6.19. The molecule has 1 aliphatic rings. The third-order valence-corrected chi connectivity index (χ3v) is 5.46. The first-order valence-electron chi connectivity index (χ1n) is 9.72. The molecule has 0 unspecified atom stereocenters. The highest BCUT2D eigenvalue weighted by Crippen LogP contribution is 2.43. The molecule has 0 spiro atoms. The monoisotopic (exact) mass is 438 g/mol. The van der Waals surface area contributed by atoms with Gasteiger partial charge in [0, 0.05) is 18.9 Å². The standard InChI is InChI=1S/C21H22F4N4O2/c1-3-12-6-14(9-27-18(12)26)28-19(30)20(31)29-10-11(2)21(24,25)8-17(29)13-4-5-15(22)16(23)7-13/h4-7,9,11,17H,3,8,10H2,1-2H3,(H2,26,27)(H,28,30)/t11-,17-/m1/s1. The Labute approximate surface area is 176 Å². The van der Waals surface area contributed by atoms with Crippen LogP contribution in [0.25, 0.3) is 0 Å². The number of halogens is 4. The number of hydrogen-bond donors (Lipinski definition) is 2. The van der Waals surface area contributed by atoms with Gasteiger partial charge in [0.1, 0.15) is 5.82 Å². The lowest BCUT2D eigenvalue weighted by Crippen LogP contribution is -2.52. The van der Waals surface area contributed by atoms with Crippen LogP contribution in [-0.4, -0.2) is 34.2 Å². The molecule has 2 atom stereocenters. The second-order valence-electron chi connectivity index (χ2n) is 7.59. The summed E-state index contributed by atoms with van der Waals surface area (Å²) in [7, 11) is 0. The molecule has 0 aliphatic carbocycles. The van der Waals surface area contributed by atoms with Gasteiger partial charge in [0.2, 0.25) is 0 Å². The van der Waals surface area contributed by atoms with E-state index >= 15 is 0 Å². The van der Waals surface area contributed by atoms with Crippen molar-refractivity contribution in [1.82, 2.24) is 9.88 Å². The molecule has 3 rings (SSSR count). The van der Waals surface area contributed by atoms with Crippen LogP contribution in [-0.2, 0) is 16.0 Å². The van der Waals surface area contributed by atoms with E-state index in [1.54, 1.807) is 6.07 Å². The first-order chi connectivity index (χ1) is 14.5. The molecule has 2 heterocycles. The number of nitrogen functional groups attached to an aromatic ring is 1. The fourth-order valence-corrected chi connectivity index (χ4v) is 3.55. The molecule has 10 heteroatoms. The summed E-state index contributed by atoms with van der Waals surface area (Å²) in [4.78, 5) is 30.4. The van der Waals surface area contributed by atoms with Crippen molar-refractivity contribution < 1.29 is 27.2 Å². The molecule has 166 valence electrons. The molecule has 2 amide bonds. The van der Waals surface area contributed by atoms with Crippen LogP contribution in [0.4, 0.5) is 29.1 Å². The summed E-state index contributed by atoms with van der Waals surface area (Å²) in [6, 6.07) is 2.96. The molecule has 31 heavy (non-hydrogen) atoms. The van der Waals surface area contributed by atoms with Crippen molar-refractivity contribution in [3.8, 4) is 0 Å². The van der Waals surface area contributed by atoms with Gasteiger partial charge in [0.15, 0.2) is 11.6 Å². The van der Waals surface area contributed by atoms with Gasteiger partial charge in [-0.3, -0.25) is 9.59 Å². The van der Waals surface area contributed by atoms with Crippen LogP contribution in [0.1, 0.15) is 37.4 Å². The zero-order valence-corrected chi connectivity index (χ0v) is 17.0. The number of amides is 2. The number of anilines is 2. The van der Waals surface area contributed by atoms with Crippen molar-refractivity contribution in [3.05, 3.63) is 53.2 Å². The molecule has 1 aromatic heterocycles. The first kappa shape index (κ1) is 22.5. The summed E-state index contributed by atoms with van der Waals surface area (Å²) in [5.41, 5.74) is 6.60. The van der Waals surface area contributed by atoms with Crippen molar-refractivity contribution in [2.24, 2.45) is 5.92 Å². The Bertz CT molecular complexity index is 1010. The summed E-state index contributed by atoms with van der Waals surface area (Å²) in [6.07, 6.45) is 1.01. The summed E-state index contributed by atoms with van der Waals surface area (Å²) < 4.78 is 55.8. The van der Waals surface area contributed by atoms with Gasteiger partial charge in [-0.05, 0) is 35.7 Å². The van der Waals surface area contributed by atoms with Crippen molar-refractivity contribution in [3.63, 3.8) is 0 Å². The van der Waals surface area contributed by atoms with Crippen LogP contribution in [0.3, 0.4) is 0 Å². The number of aromatic nitrogens is 1. The van der Waals surface area contributed by atoms with E-state index in [1.165, 1.54) is 13.1 Å². The van der Waals surface area contributed by atoms with E-state index in [9.17, 15) is 27.2 Å². The smallest absolute Gasteiger partial charge is 0.313 e. The maximum Gasteiger partial charge on any atom is 0.313 e. The number of likely N-dealkylation sites (tertiary alicyclic amines) is 1. The predicted octanol–water partition coefficient (Wildman–Crippen LogP) is 3.69. The van der Waals surface area contributed by atoms with Gasteiger partial charge in [-0.15, -0.1) is 0 Å². The van der Waals surface area contributed by atoms with E-state index in [0.29, 0.717) is 12.0 Å². The number of nitrogens with two attached hydrogens (primary N) is 1. The second-order valence-corrected chi connectivity index (χ2v) is 7.59. The van der Waals surface area contributed by atoms with Gasteiger partial charge in [-0.2, -0.15) is 0 Å². The summed E-state index contributed by atoms with van der Waals surface area (Å²) in [5, 5.41) is 2.40. The van der Waals surface area contributed by atoms with E-state index in [2.05, 4.69) is 10.3 Å². The maximum absolute atomic E-state index is 14.4. The molecular weight excluding hydrogens is 416 g/mol. The lowest BCUT2D eigenvalue weighted by atomic mass is 9.86. The number of aryl methyl sites for hydroxylation is 1. The van der Waals surface area contributed by atoms with Gasteiger partial charge in [-0.25, -0.2) is 22.5 Å². The number of hydrogen-bond acceptors (Lipinski definition) is 4. The maximum atomic E-state index is 14.4. The number of benzene rings is 1. The number of nitrogens with zero attached hydrogens (tertiary/aromatic N) is 2. The van der Waals surface area contributed by atoms with Crippen LogP contribution in [0, 0.1) is 17.6 Å². The van der Waals surface area contributed by atoms with Crippen molar-refractivity contribution in [2.75, 3.05) is 17.6 Å². The third-order valence-electron chi connectivity index (χ3n) is 5.46. The molecule has 6 nitrogen and oxygen atoms in total. The van der Waals surface area contributed by atoms with Crippen LogP contribution >= 0.6 is 0 Å². The Morgan fingerprint density at radius 1 is 1.26 bits per heavy atom. The van der Waals surface area contributed by atoms with E-state index in [4.69, 9.17) is 5.73 Å². The van der Waals surface area contributed by atoms with Crippen LogP contribution in [0.5, 0.6) is 0 Å². The minimum absolute atomic E-state index is 0.0194. The lowest BCUT2D eigenvalue weighted by Gasteiger charge is -2.42. The van der Waals surface area contributed by atoms with Gasteiger partial charge in [0.05, 0.1) is 17.9 Å². The Morgan fingerprint density at radius 3 is 2.61 bits per heavy atom. The Morgan fingerprint density at radius 2 is 1.97 bits per heavy atom. The SMILES string of the molecule is CCc1cc(NC(=O)C(=O)N2C[C@@H](C)C(F)(F)C[C@@H]2c2ccc(F)c(F)c2)cnc1N. The Balaban J connectivity index is 1.88. The molecule has 2 aromatic rings. The number of pyridine rings is 1. The van der Waals surface area contributed by atoms with E-state index in [-0.39, 0.29) is 17.1 Å². The number of carbonyl (C=O) groups is 2. The highest BCUT2D eigenvalue weighted by molar-refractivity contribution is 6.39. The van der Waals surface area contributed by atoms with E-state index in [1.807, 2.05) is 6.92 Å². The number of nitrogens with one attached hydrogen (secondary N) is 1. The number of carbonyl (C=O) groups excluding carboxylic acids is 2. The minimum Gasteiger partial charge on any atom is -0.383 e. The van der Waals surface area contributed by atoms with Gasteiger partial charge in [-0.1, -0.05) is 19.9 Å². The minimum atomic E-state index is -3.15. The van der Waals surface area contributed by atoms with E-state index in [0.717, 1.165) is 23.1 Å². The molecule has 0 radical (unpaired) electrons. The van der Waals surface area contributed by atoms with Crippen LogP contribution < -0.4 is 11.1 Å². The fraction of sp³-hybridized carbons (Fsp3) is 0.381. The van der Waals surface area contributed by atoms with Crippen molar-refractivity contribution in [1.29, 1.82) is 0 Å². The van der Waals surface area contributed by atoms with Crippen LogP contribution in [0.15, 0.2) is 30.5 Å². The fourth-order valence-electron chi connectivity index (χ4n) is 3.55. The molecule has 1 aromatic carbocycles. The highest BCUT2D eigenvalue weighted by Gasteiger charge is 2.48. The molecular formula is C21H22F4N4O2. The molecule has 0 bridgehead atoms. The van der Waals surface area contributed by atoms with E-state index < -0.39 is 54.3 Å². The number of alkyl halides is 2. The normalized spacial score (nSPS) is 20.4. The average Bonchev–Trinajstić information content (AvgIpc) is 2.72. The van der Waals surface area contributed by atoms with Gasteiger partial charge >= 0.3 is 11.8 Å². The summed E-state index contributed by atoms with van der Waals surface area (Å²) in [6.45, 7) is 2.67. The quantitative estimate of drug-likeness (QED) is 0.565.